The highest BCUT2D eigenvalue weighted by atomic mass is 16.6. The van der Waals surface area contributed by atoms with Crippen LogP contribution >= 0.6 is 0 Å². The maximum atomic E-state index is 14.6. The van der Waals surface area contributed by atoms with Crippen molar-refractivity contribution in [1.82, 2.24) is 24.8 Å². The Hall–Kier alpha value is -3.57. The molecule has 3 saturated heterocycles. The molecule has 3 aliphatic heterocycles. The summed E-state index contributed by atoms with van der Waals surface area (Å²) in [5.74, 6) is -2.99. The van der Waals surface area contributed by atoms with Crippen LogP contribution in [0.2, 0.25) is 0 Å². The first-order valence-corrected chi connectivity index (χ1v) is 13.9. The molecule has 2 unspecified atom stereocenters. The van der Waals surface area contributed by atoms with Gasteiger partial charge in [0.05, 0.1) is 29.7 Å². The molecule has 214 valence electrons. The van der Waals surface area contributed by atoms with Gasteiger partial charge in [0.1, 0.15) is 36.4 Å². The lowest BCUT2D eigenvalue weighted by atomic mass is 9.65. The fourth-order valence-corrected chi connectivity index (χ4v) is 7.06. The van der Waals surface area contributed by atoms with Gasteiger partial charge >= 0.3 is 5.97 Å². The lowest BCUT2D eigenvalue weighted by Gasteiger charge is -2.39. The third-order valence-corrected chi connectivity index (χ3v) is 8.91. The van der Waals surface area contributed by atoms with Crippen molar-refractivity contribution in [2.75, 3.05) is 19.8 Å². The number of nitrogens with zero attached hydrogens (tertiary/aromatic N) is 5. The Balaban J connectivity index is 1.58. The molecule has 3 fully saturated rings. The van der Waals surface area contributed by atoms with Gasteiger partial charge in [-0.1, -0.05) is 49.9 Å². The number of aromatic nitrogens is 3. The molecule has 3 aliphatic rings. The number of para-hydroxylation sites is 1. The van der Waals surface area contributed by atoms with Crippen LogP contribution in [0.25, 0.3) is 11.0 Å². The maximum Gasteiger partial charge on any atom is 0.313 e. The highest BCUT2D eigenvalue weighted by Gasteiger charge is 2.79. The zero-order valence-corrected chi connectivity index (χ0v) is 23.1. The van der Waals surface area contributed by atoms with Gasteiger partial charge in [-0.25, -0.2) is 4.68 Å². The molecule has 5 rings (SSSR count). The number of carbonyl (C=O) groups excluding carboxylic acids is 3. The fraction of sp³-hybridized carbons (Fsp3) is 0.552. The number of hydrogen-bond donors (Lipinski definition) is 1. The molecule has 11 heteroatoms. The predicted molar refractivity (Wildman–Crippen MR) is 145 cm³/mol. The number of aliphatic hydroxyl groups excluding tert-OH is 1. The van der Waals surface area contributed by atoms with E-state index in [2.05, 4.69) is 23.5 Å². The Morgan fingerprint density at radius 1 is 1.27 bits per heavy atom. The number of carbonyl (C=O) groups is 3. The smallest absolute Gasteiger partial charge is 0.313 e. The number of likely N-dealkylation sites (tertiary alicyclic amines) is 1. The third-order valence-electron chi connectivity index (χ3n) is 8.91. The monoisotopic (exact) mass is 551 g/mol. The number of fused-ring (bicyclic) bond motifs is 2. The zero-order valence-electron chi connectivity index (χ0n) is 23.1. The minimum atomic E-state index is -1.23. The fourth-order valence-electron chi connectivity index (χ4n) is 7.06. The van der Waals surface area contributed by atoms with E-state index in [1.165, 1.54) is 11.0 Å². The van der Waals surface area contributed by atoms with Crippen LogP contribution < -0.4 is 0 Å². The van der Waals surface area contributed by atoms with Gasteiger partial charge in [-0.15, -0.1) is 11.7 Å². The molecular weight excluding hydrogens is 514 g/mol. The first kappa shape index (κ1) is 28.0. The number of amides is 2. The summed E-state index contributed by atoms with van der Waals surface area (Å²) in [7, 11) is 0. The molecule has 4 heterocycles. The summed E-state index contributed by atoms with van der Waals surface area (Å²) in [6.45, 7) is 11.2. The molecule has 2 aromatic rings. The van der Waals surface area contributed by atoms with Gasteiger partial charge in [0, 0.05) is 6.54 Å². The van der Waals surface area contributed by atoms with E-state index in [-0.39, 0.29) is 38.2 Å². The van der Waals surface area contributed by atoms with Crippen LogP contribution in [0.4, 0.5) is 0 Å². The van der Waals surface area contributed by atoms with Crippen molar-refractivity contribution in [3.63, 3.8) is 0 Å². The van der Waals surface area contributed by atoms with Gasteiger partial charge in [0.25, 0.3) is 0 Å². The minimum Gasteiger partial charge on any atom is -0.461 e. The van der Waals surface area contributed by atoms with E-state index in [1.54, 1.807) is 15.7 Å². The van der Waals surface area contributed by atoms with E-state index in [4.69, 9.17) is 9.47 Å². The summed E-state index contributed by atoms with van der Waals surface area (Å²) >= 11 is 0. The lowest BCUT2D eigenvalue weighted by molar-refractivity contribution is -0.163. The zero-order chi connectivity index (χ0) is 28.7. The highest BCUT2D eigenvalue weighted by Crippen LogP contribution is 2.65. The SMILES string of the molecule is C=CCOC(=O)[C@@H]1[C@H]2C(=O)N([C@@H](CC)CO)C(C(=O)N(CC=C)Cn3nnc4ccccc43)C23CC[C@@]1(CC)O3. The lowest BCUT2D eigenvalue weighted by Crippen LogP contribution is -2.59. The van der Waals surface area contributed by atoms with Crippen molar-refractivity contribution in [3.8, 4) is 0 Å². The van der Waals surface area contributed by atoms with Crippen LogP contribution in [0.15, 0.2) is 49.6 Å². The molecular formula is C29H37N5O6. The summed E-state index contributed by atoms with van der Waals surface area (Å²) in [6, 6.07) is 5.79. The molecule has 1 aromatic heterocycles. The van der Waals surface area contributed by atoms with E-state index >= 15 is 0 Å². The summed E-state index contributed by atoms with van der Waals surface area (Å²) in [5.41, 5.74) is -0.682. The van der Waals surface area contributed by atoms with E-state index < -0.39 is 41.1 Å². The van der Waals surface area contributed by atoms with Gasteiger partial charge in [0.2, 0.25) is 11.8 Å². The number of ether oxygens (including phenoxy) is 2. The Bertz CT molecular complexity index is 1320. The second-order valence-electron chi connectivity index (χ2n) is 10.8. The van der Waals surface area contributed by atoms with Crippen molar-refractivity contribution in [3.05, 3.63) is 49.6 Å². The van der Waals surface area contributed by atoms with E-state index in [0.717, 1.165) is 5.52 Å². The Morgan fingerprint density at radius 2 is 2.05 bits per heavy atom. The molecule has 1 N–H and O–H groups in total. The Labute approximate surface area is 233 Å². The van der Waals surface area contributed by atoms with Crippen molar-refractivity contribution in [1.29, 1.82) is 0 Å². The molecule has 6 atom stereocenters. The summed E-state index contributed by atoms with van der Waals surface area (Å²) in [6.07, 6.45) is 4.97. The Kier molecular flexibility index (Phi) is 7.54. The van der Waals surface area contributed by atoms with Gasteiger partial charge in [-0.3, -0.25) is 14.4 Å². The molecule has 0 saturated carbocycles. The minimum absolute atomic E-state index is 0.0162. The number of benzene rings is 1. The summed E-state index contributed by atoms with van der Waals surface area (Å²) in [4.78, 5) is 45.3. The number of rotatable bonds is 12. The maximum absolute atomic E-state index is 14.6. The first-order valence-electron chi connectivity index (χ1n) is 13.9. The standard InChI is InChI=1S/C29H37N5O6/c1-5-15-32(18-33-21-12-10-9-11-20(21)30-31-33)26(37)24-29-14-13-28(8-4,40-29)23(27(38)39-16-6-2)22(29)25(36)34(24)19(7-3)17-35/h5-6,9-12,19,22-24,35H,1-2,7-8,13-18H2,3-4H3/t19-,22-,23-,24?,28+,29?/m0/s1. The van der Waals surface area contributed by atoms with Gasteiger partial charge in [0.15, 0.2) is 0 Å². The van der Waals surface area contributed by atoms with Crippen LogP contribution in [-0.4, -0.2) is 90.7 Å². The molecule has 0 radical (unpaired) electrons. The van der Waals surface area contributed by atoms with Crippen LogP contribution in [0.1, 0.15) is 39.5 Å². The second-order valence-corrected chi connectivity index (χ2v) is 10.8. The summed E-state index contributed by atoms with van der Waals surface area (Å²) in [5, 5.41) is 18.7. The van der Waals surface area contributed by atoms with Crippen molar-refractivity contribution < 1.29 is 29.0 Å². The van der Waals surface area contributed by atoms with Crippen molar-refractivity contribution >= 4 is 28.8 Å². The molecule has 2 bridgehead atoms. The molecule has 1 aromatic carbocycles. The quantitative estimate of drug-likeness (QED) is 0.314. The first-order chi connectivity index (χ1) is 19.3. The van der Waals surface area contributed by atoms with Gasteiger partial charge < -0.3 is 24.4 Å². The number of aliphatic hydroxyl groups is 1. The van der Waals surface area contributed by atoms with Crippen LogP contribution in [-0.2, 0) is 30.5 Å². The topological polar surface area (TPSA) is 127 Å². The molecule has 1 spiro atoms. The van der Waals surface area contributed by atoms with Crippen molar-refractivity contribution in [2.24, 2.45) is 11.8 Å². The molecule has 0 aliphatic carbocycles. The Morgan fingerprint density at radius 3 is 2.73 bits per heavy atom. The number of hydrogen-bond acceptors (Lipinski definition) is 8. The van der Waals surface area contributed by atoms with Gasteiger partial charge in [-0.05, 0) is 37.8 Å². The highest BCUT2D eigenvalue weighted by molar-refractivity contribution is 5.98. The summed E-state index contributed by atoms with van der Waals surface area (Å²) < 4.78 is 13.9. The van der Waals surface area contributed by atoms with Crippen LogP contribution in [0, 0.1) is 11.8 Å². The average molecular weight is 552 g/mol. The second kappa shape index (κ2) is 10.8. The van der Waals surface area contributed by atoms with Crippen molar-refractivity contribution in [2.45, 2.75) is 69.5 Å². The molecule has 11 nitrogen and oxygen atoms in total. The van der Waals surface area contributed by atoms with Crippen LogP contribution in [0.5, 0.6) is 0 Å². The predicted octanol–water partition coefficient (Wildman–Crippen LogP) is 2.06. The normalized spacial score (nSPS) is 29.4. The van der Waals surface area contributed by atoms with E-state index in [9.17, 15) is 19.5 Å². The van der Waals surface area contributed by atoms with E-state index in [0.29, 0.717) is 31.2 Å². The number of esters is 1. The van der Waals surface area contributed by atoms with Crippen LogP contribution in [0.3, 0.4) is 0 Å². The largest absolute Gasteiger partial charge is 0.461 e. The molecule has 2 amide bonds. The van der Waals surface area contributed by atoms with E-state index in [1.807, 2.05) is 38.1 Å². The van der Waals surface area contributed by atoms with Gasteiger partial charge in [-0.2, -0.15) is 0 Å². The third kappa shape index (κ3) is 4.05. The molecule has 40 heavy (non-hydrogen) atoms. The average Bonchev–Trinajstić information content (AvgIpc) is 3.69.